The van der Waals surface area contributed by atoms with E-state index in [0.717, 1.165) is 11.4 Å². The molecule has 0 aliphatic carbocycles. The Labute approximate surface area is 408 Å². The van der Waals surface area contributed by atoms with Crippen LogP contribution in [0.5, 0.6) is 0 Å². The van der Waals surface area contributed by atoms with Crippen molar-refractivity contribution in [1.29, 1.82) is 0 Å². The molecule has 4 aromatic heterocycles. The van der Waals surface area contributed by atoms with Gasteiger partial charge in [0, 0.05) is 77.0 Å². The van der Waals surface area contributed by atoms with Crippen molar-refractivity contribution < 1.29 is 0 Å². The van der Waals surface area contributed by atoms with Gasteiger partial charge in [-0.05, 0) is 112 Å². The van der Waals surface area contributed by atoms with Gasteiger partial charge in [-0.3, -0.25) is 0 Å². The van der Waals surface area contributed by atoms with E-state index in [-0.39, 0.29) is 6.71 Å². The van der Waals surface area contributed by atoms with Crippen LogP contribution in [0.1, 0.15) is 0 Å². The van der Waals surface area contributed by atoms with Gasteiger partial charge in [-0.2, -0.15) is 0 Å². The van der Waals surface area contributed by atoms with Crippen LogP contribution in [0.3, 0.4) is 0 Å². The molecule has 0 bridgehead atoms. The number of para-hydroxylation sites is 8. The fourth-order valence-electron chi connectivity index (χ4n) is 13.4. The molecule has 0 saturated carbocycles. The van der Waals surface area contributed by atoms with Gasteiger partial charge in [0.05, 0.1) is 44.5 Å². The van der Waals surface area contributed by atoms with E-state index in [1.807, 2.05) is 0 Å². The highest BCUT2D eigenvalue weighted by molar-refractivity contribution is 7.00. The molecular weight excluding hydrogens is 860 g/mol. The minimum Gasteiger partial charge on any atom is -0.311 e. The van der Waals surface area contributed by atoms with Crippen molar-refractivity contribution in [2.24, 2.45) is 0 Å². The van der Waals surface area contributed by atoms with E-state index in [2.05, 4.69) is 255 Å². The molecule has 0 unspecified atom stereocenters. The van der Waals surface area contributed by atoms with Crippen molar-refractivity contribution in [2.45, 2.75) is 0 Å². The number of aromatic nitrogens is 2. The molecule has 0 radical (unpaired) electrons. The predicted molar refractivity (Wildman–Crippen MR) is 301 cm³/mol. The lowest BCUT2D eigenvalue weighted by molar-refractivity contribution is 1.25. The van der Waals surface area contributed by atoms with Gasteiger partial charge in [-0.15, -0.1) is 0 Å². The van der Waals surface area contributed by atoms with E-state index >= 15 is 0 Å². The van der Waals surface area contributed by atoms with Crippen LogP contribution in [0.25, 0.3) is 98.4 Å². The fourth-order valence-corrected chi connectivity index (χ4v) is 13.4. The Kier molecular flexibility index (Phi) is 7.26. The Bertz CT molecular complexity index is 4290. The van der Waals surface area contributed by atoms with E-state index in [4.69, 9.17) is 0 Å². The van der Waals surface area contributed by atoms with Crippen LogP contribution in [-0.2, 0) is 0 Å². The first-order valence-corrected chi connectivity index (χ1v) is 24.7. The van der Waals surface area contributed by atoms with Crippen LogP contribution >= 0.6 is 0 Å². The van der Waals surface area contributed by atoms with Gasteiger partial charge in [-0.1, -0.05) is 152 Å². The maximum absolute atomic E-state index is 2.56. The van der Waals surface area contributed by atoms with Crippen LogP contribution < -0.4 is 26.2 Å². The summed E-state index contributed by atoms with van der Waals surface area (Å²) in [6.45, 7) is 0.0276. The van der Waals surface area contributed by atoms with Crippen molar-refractivity contribution >= 4 is 133 Å². The van der Waals surface area contributed by atoms with Crippen molar-refractivity contribution in [1.82, 2.24) is 8.80 Å². The van der Waals surface area contributed by atoms with E-state index in [1.165, 1.54) is 138 Å². The summed E-state index contributed by atoms with van der Waals surface area (Å²) in [4.78, 5) is 5.11. The summed E-state index contributed by atoms with van der Waals surface area (Å²) in [7, 11) is 0. The van der Waals surface area contributed by atoms with Gasteiger partial charge in [0.2, 0.25) is 0 Å². The first kappa shape index (κ1) is 37.6. The van der Waals surface area contributed by atoms with Gasteiger partial charge in [0.1, 0.15) is 0 Å². The van der Waals surface area contributed by atoms with Crippen LogP contribution in [0, 0.1) is 0 Å². The van der Waals surface area contributed by atoms with Crippen LogP contribution in [0.4, 0.5) is 34.1 Å². The number of rotatable bonds is 4. The van der Waals surface area contributed by atoms with Gasteiger partial charge >= 0.3 is 0 Å². The van der Waals surface area contributed by atoms with Crippen LogP contribution in [0.2, 0.25) is 0 Å². The highest BCUT2D eigenvalue weighted by Crippen LogP contribution is 2.50. The molecule has 2 aliphatic heterocycles. The average Bonchev–Trinajstić information content (AvgIpc) is 4.17. The number of hydrogen-bond donors (Lipinski definition) is 0. The van der Waals surface area contributed by atoms with E-state index in [9.17, 15) is 0 Å². The summed E-state index contributed by atoms with van der Waals surface area (Å²) in [6, 6.07) is 88.6. The molecule has 11 aromatic carbocycles. The molecule has 17 rings (SSSR count). The van der Waals surface area contributed by atoms with Gasteiger partial charge in [0.25, 0.3) is 6.71 Å². The molecule has 0 spiro atoms. The Morgan fingerprint density at radius 2 is 0.563 bits per heavy atom. The van der Waals surface area contributed by atoms with Gasteiger partial charge in [-0.25, -0.2) is 0 Å². The smallest absolute Gasteiger partial charge is 0.252 e. The normalized spacial score (nSPS) is 13.3. The zero-order valence-electron chi connectivity index (χ0n) is 38.4. The number of hydrogen-bond acceptors (Lipinski definition) is 2. The predicted octanol–water partition coefficient (Wildman–Crippen LogP) is 15.4. The molecule has 2 aliphatic rings. The lowest BCUT2D eigenvalue weighted by Crippen LogP contribution is -2.61. The van der Waals surface area contributed by atoms with Crippen molar-refractivity contribution in [3.63, 3.8) is 0 Å². The summed E-state index contributed by atoms with van der Waals surface area (Å²) < 4.78 is 4.93. The zero-order valence-corrected chi connectivity index (χ0v) is 38.4. The second-order valence-electron chi connectivity index (χ2n) is 19.5. The molecule has 0 atom stereocenters. The van der Waals surface area contributed by atoms with E-state index in [0.29, 0.717) is 0 Å². The van der Waals surface area contributed by atoms with Gasteiger partial charge in [0.15, 0.2) is 0 Å². The third-order valence-electron chi connectivity index (χ3n) is 16.1. The zero-order chi connectivity index (χ0) is 46.1. The van der Waals surface area contributed by atoms with Crippen LogP contribution in [0.15, 0.2) is 237 Å². The maximum Gasteiger partial charge on any atom is 0.252 e. The molecule has 326 valence electrons. The maximum atomic E-state index is 2.56. The monoisotopic (exact) mass is 898 g/mol. The quantitative estimate of drug-likeness (QED) is 0.164. The molecule has 5 heteroatoms. The van der Waals surface area contributed by atoms with Gasteiger partial charge < -0.3 is 18.6 Å². The first-order chi connectivity index (χ1) is 35.3. The highest BCUT2D eigenvalue weighted by atomic mass is 15.2. The molecule has 0 fully saturated rings. The summed E-state index contributed by atoms with van der Waals surface area (Å²) in [5, 5.41) is 10.2. The fraction of sp³-hybridized carbons (Fsp3) is 0. The summed E-state index contributed by atoms with van der Waals surface area (Å²) >= 11 is 0. The average molecular weight is 899 g/mol. The second-order valence-corrected chi connectivity index (χ2v) is 19.5. The second kappa shape index (κ2) is 13.7. The minimum atomic E-state index is 0.0276. The van der Waals surface area contributed by atoms with Crippen molar-refractivity contribution in [2.75, 3.05) is 9.80 Å². The highest BCUT2D eigenvalue weighted by Gasteiger charge is 2.43. The number of benzene rings is 11. The molecule has 6 heterocycles. The number of fused-ring (bicyclic) bond motifs is 16. The van der Waals surface area contributed by atoms with Crippen molar-refractivity contribution in [3.05, 3.63) is 237 Å². The van der Waals surface area contributed by atoms with E-state index in [1.54, 1.807) is 0 Å². The van der Waals surface area contributed by atoms with Crippen LogP contribution in [-0.4, -0.2) is 15.5 Å². The molecule has 4 nitrogen and oxygen atoms in total. The largest absolute Gasteiger partial charge is 0.311 e. The number of nitrogens with zero attached hydrogens (tertiary/aromatic N) is 4. The lowest BCUT2D eigenvalue weighted by Gasteiger charge is -2.44. The Hall–Kier alpha value is -9.32. The Balaban J connectivity index is 0.902. The number of anilines is 6. The Morgan fingerprint density at radius 3 is 0.958 bits per heavy atom. The molecule has 15 aromatic rings. The SMILES string of the molecule is c1ccc2c(c1)B1c3ccccc3N(c3ccccc3-c3cc4c5ccccc5n5c6ccccc6c(c3)c45)c3cccc(c31)N2c1ccccc1-c1cc2c3ccccc3n3c4ccccc4c(c1)c23. The third-order valence-corrected chi connectivity index (χ3v) is 16.1. The first-order valence-electron chi connectivity index (χ1n) is 24.7. The Morgan fingerprint density at radius 1 is 0.254 bits per heavy atom. The minimum absolute atomic E-state index is 0.0276. The molecule has 71 heavy (non-hydrogen) atoms. The lowest BCUT2D eigenvalue weighted by atomic mass is 9.33. The molecule has 0 amide bonds. The topological polar surface area (TPSA) is 15.3 Å². The standard InChI is InChI=1S/C66H39BN4/c1-9-26-54(42(18-1)40-36-48-44-20-3-11-28-56(44)70-57-29-12-4-21-45(57)49(37-40)65(48)70)68-60-32-15-7-24-52(60)67-53-25-8-16-33-61(53)69(63-35-17-34-62(68)64(63)67)55-27-10-2-19-43(55)41-38-50-46-22-5-13-30-58(46)71-59-31-14-6-23-47(59)51(39-41)66(50)71/h1-39H. The summed E-state index contributed by atoms with van der Waals surface area (Å²) in [5.74, 6) is 0. The molecule has 0 N–H and O–H groups in total. The third kappa shape index (κ3) is 4.80. The summed E-state index contributed by atoms with van der Waals surface area (Å²) in [5.41, 5.74) is 23.4. The molecular formula is C66H39BN4. The van der Waals surface area contributed by atoms with E-state index < -0.39 is 0 Å². The summed E-state index contributed by atoms with van der Waals surface area (Å²) in [6.07, 6.45) is 0. The molecule has 0 saturated heterocycles. The van der Waals surface area contributed by atoms with Crippen molar-refractivity contribution in [3.8, 4) is 22.3 Å².